The van der Waals surface area contributed by atoms with Crippen LogP contribution in [0.3, 0.4) is 0 Å². The van der Waals surface area contributed by atoms with Crippen molar-refractivity contribution in [1.82, 2.24) is 10.2 Å². The van der Waals surface area contributed by atoms with Crippen LogP contribution < -0.4 is 5.32 Å². The van der Waals surface area contributed by atoms with Crippen LogP contribution in [0.25, 0.3) is 0 Å². The minimum atomic E-state index is 0.180. The predicted octanol–water partition coefficient (Wildman–Crippen LogP) is 2.02. The Balaban J connectivity index is 2.22. The van der Waals surface area contributed by atoms with Crippen LogP contribution in [0, 0.1) is 5.92 Å². The average molecular weight is 226 g/mol. The quantitative estimate of drug-likeness (QED) is 0.778. The Labute approximate surface area is 99.6 Å². The molecule has 0 aromatic rings. The molecule has 1 N–H and O–H groups in total. The van der Waals surface area contributed by atoms with Crippen molar-refractivity contribution < 1.29 is 4.79 Å². The van der Waals surface area contributed by atoms with Crippen LogP contribution >= 0.6 is 0 Å². The molecule has 0 aromatic carbocycles. The van der Waals surface area contributed by atoms with E-state index in [9.17, 15) is 4.79 Å². The average Bonchev–Trinajstić information content (AvgIpc) is 2.29. The number of hydrogen-bond acceptors (Lipinski definition) is 2. The van der Waals surface area contributed by atoms with Gasteiger partial charge in [0.25, 0.3) is 0 Å². The second kappa shape index (κ2) is 6.89. The first-order valence-corrected chi connectivity index (χ1v) is 6.62. The number of amides is 1. The third-order valence-electron chi connectivity index (χ3n) is 3.50. The fraction of sp³-hybridized carbons (Fsp3) is 0.923. The summed E-state index contributed by atoms with van der Waals surface area (Å²) in [6.45, 7) is 6.42. The lowest BCUT2D eigenvalue weighted by Gasteiger charge is -2.30. The van der Waals surface area contributed by atoms with Crippen LogP contribution in [0.4, 0.5) is 0 Å². The standard InChI is InChI=1S/C13H26N2O/c1-4-5-6-11(2)13(16)14-12-7-9-15(3)10-8-12/h11-12H,4-10H2,1-3H3,(H,14,16). The highest BCUT2D eigenvalue weighted by Gasteiger charge is 2.20. The fourth-order valence-corrected chi connectivity index (χ4v) is 2.14. The van der Waals surface area contributed by atoms with E-state index in [4.69, 9.17) is 0 Å². The maximum atomic E-state index is 11.9. The van der Waals surface area contributed by atoms with Crippen molar-refractivity contribution in [3.05, 3.63) is 0 Å². The van der Waals surface area contributed by atoms with Gasteiger partial charge in [-0.3, -0.25) is 4.79 Å². The van der Waals surface area contributed by atoms with Crippen LogP contribution in [0.2, 0.25) is 0 Å². The molecule has 1 aliphatic rings. The summed E-state index contributed by atoms with van der Waals surface area (Å²) in [6, 6.07) is 0.410. The largest absolute Gasteiger partial charge is 0.353 e. The Morgan fingerprint density at radius 3 is 2.62 bits per heavy atom. The van der Waals surface area contributed by atoms with Crippen molar-refractivity contribution in [3.63, 3.8) is 0 Å². The lowest BCUT2D eigenvalue weighted by molar-refractivity contribution is -0.125. The van der Waals surface area contributed by atoms with E-state index in [2.05, 4.69) is 24.2 Å². The Hall–Kier alpha value is -0.570. The molecule has 0 saturated carbocycles. The normalized spacial score (nSPS) is 20.7. The highest BCUT2D eigenvalue weighted by Crippen LogP contribution is 2.12. The molecule has 16 heavy (non-hydrogen) atoms. The number of nitrogens with one attached hydrogen (secondary N) is 1. The van der Waals surface area contributed by atoms with Crippen LogP contribution in [-0.4, -0.2) is 37.0 Å². The van der Waals surface area contributed by atoms with Crippen molar-refractivity contribution in [1.29, 1.82) is 0 Å². The summed E-state index contributed by atoms with van der Waals surface area (Å²) in [6.07, 6.45) is 5.55. The predicted molar refractivity (Wildman–Crippen MR) is 67.4 cm³/mol. The van der Waals surface area contributed by atoms with E-state index in [1.54, 1.807) is 0 Å². The van der Waals surface area contributed by atoms with Crippen LogP contribution in [-0.2, 0) is 4.79 Å². The Bertz CT molecular complexity index is 210. The zero-order chi connectivity index (χ0) is 12.0. The van der Waals surface area contributed by atoms with E-state index in [0.717, 1.165) is 38.8 Å². The van der Waals surface area contributed by atoms with Crippen LogP contribution in [0.5, 0.6) is 0 Å². The molecule has 1 amide bonds. The molecule has 0 bridgehead atoms. The van der Waals surface area contributed by atoms with Crippen molar-refractivity contribution in [2.45, 2.75) is 52.0 Å². The van der Waals surface area contributed by atoms with Gasteiger partial charge >= 0.3 is 0 Å². The van der Waals surface area contributed by atoms with Crippen molar-refractivity contribution in [2.75, 3.05) is 20.1 Å². The first-order valence-electron chi connectivity index (χ1n) is 6.62. The van der Waals surface area contributed by atoms with Gasteiger partial charge in [0, 0.05) is 12.0 Å². The summed E-state index contributed by atoms with van der Waals surface area (Å²) in [5.74, 6) is 0.433. The lowest BCUT2D eigenvalue weighted by Crippen LogP contribution is -2.44. The third kappa shape index (κ3) is 4.52. The number of carbonyl (C=O) groups is 1. The number of unbranched alkanes of at least 4 members (excludes halogenated alkanes) is 1. The van der Waals surface area contributed by atoms with Gasteiger partial charge in [0.2, 0.25) is 5.91 Å². The number of hydrogen-bond donors (Lipinski definition) is 1. The first kappa shape index (κ1) is 13.5. The molecule has 3 nitrogen and oxygen atoms in total. The number of likely N-dealkylation sites (tertiary alicyclic amines) is 1. The van der Waals surface area contributed by atoms with Gasteiger partial charge in [0.1, 0.15) is 0 Å². The smallest absolute Gasteiger partial charge is 0.223 e. The number of rotatable bonds is 5. The molecule has 1 unspecified atom stereocenters. The zero-order valence-electron chi connectivity index (χ0n) is 11.0. The first-order chi connectivity index (χ1) is 7.63. The molecule has 0 spiro atoms. The molecule has 3 heteroatoms. The van der Waals surface area contributed by atoms with Gasteiger partial charge in [-0.2, -0.15) is 0 Å². The minimum absolute atomic E-state index is 0.180. The molecule has 0 radical (unpaired) electrons. The van der Waals surface area contributed by atoms with Gasteiger partial charge < -0.3 is 10.2 Å². The van der Waals surface area contributed by atoms with Crippen LogP contribution in [0.15, 0.2) is 0 Å². The molecule has 1 saturated heterocycles. The zero-order valence-corrected chi connectivity index (χ0v) is 11.0. The van der Waals surface area contributed by atoms with Gasteiger partial charge in [-0.1, -0.05) is 26.7 Å². The number of carbonyl (C=O) groups excluding carboxylic acids is 1. The maximum absolute atomic E-state index is 11.9. The van der Waals surface area contributed by atoms with E-state index in [1.807, 2.05) is 6.92 Å². The summed E-state index contributed by atoms with van der Waals surface area (Å²) < 4.78 is 0. The van der Waals surface area contributed by atoms with Crippen molar-refractivity contribution >= 4 is 5.91 Å². The van der Waals surface area contributed by atoms with Gasteiger partial charge in [-0.05, 0) is 39.4 Å². The summed E-state index contributed by atoms with van der Waals surface area (Å²) in [5.41, 5.74) is 0. The van der Waals surface area contributed by atoms with Crippen molar-refractivity contribution in [3.8, 4) is 0 Å². The summed E-state index contributed by atoms with van der Waals surface area (Å²) >= 11 is 0. The number of nitrogens with zero attached hydrogens (tertiary/aromatic N) is 1. The molecule has 1 heterocycles. The monoisotopic (exact) mass is 226 g/mol. The van der Waals surface area contributed by atoms with Gasteiger partial charge in [-0.15, -0.1) is 0 Å². The lowest BCUT2D eigenvalue weighted by atomic mass is 10.0. The van der Waals surface area contributed by atoms with E-state index in [0.29, 0.717) is 6.04 Å². The molecule has 94 valence electrons. The molecule has 0 aromatic heterocycles. The molecule has 0 aliphatic carbocycles. The third-order valence-corrected chi connectivity index (χ3v) is 3.50. The molecular weight excluding hydrogens is 200 g/mol. The Kier molecular flexibility index (Phi) is 5.81. The summed E-state index contributed by atoms with van der Waals surface area (Å²) in [4.78, 5) is 14.2. The Morgan fingerprint density at radius 2 is 2.06 bits per heavy atom. The van der Waals surface area contributed by atoms with Crippen LogP contribution in [0.1, 0.15) is 46.0 Å². The second-order valence-electron chi connectivity index (χ2n) is 5.13. The Morgan fingerprint density at radius 1 is 1.44 bits per heavy atom. The highest BCUT2D eigenvalue weighted by atomic mass is 16.1. The topological polar surface area (TPSA) is 32.3 Å². The summed E-state index contributed by atoms with van der Waals surface area (Å²) in [5, 5.41) is 3.18. The van der Waals surface area contributed by atoms with Gasteiger partial charge in [0.05, 0.1) is 0 Å². The SMILES string of the molecule is CCCCC(C)C(=O)NC1CCN(C)CC1. The van der Waals surface area contributed by atoms with Crippen molar-refractivity contribution in [2.24, 2.45) is 5.92 Å². The van der Waals surface area contributed by atoms with Gasteiger partial charge in [-0.25, -0.2) is 0 Å². The maximum Gasteiger partial charge on any atom is 0.223 e. The van der Waals surface area contributed by atoms with E-state index in [1.165, 1.54) is 6.42 Å². The second-order valence-corrected chi connectivity index (χ2v) is 5.13. The van der Waals surface area contributed by atoms with Gasteiger partial charge in [0.15, 0.2) is 0 Å². The molecule has 1 rings (SSSR count). The molecule has 1 atom stereocenters. The van der Waals surface area contributed by atoms with E-state index >= 15 is 0 Å². The molecular formula is C13H26N2O. The minimum Gasteiger partial charge on any atom is -0.353 e. The highest BCUT2D eigenvalue weighted by molar-refractivity contribution is 5.78. The molecule has 1 fully saturated rings. The molecule has 1 aliphatic heterocycles. The number of piperidine rings is 1. The fourth-order valence-electron chi connectivity index (χ4n) is 2.14. The summed E-state index contributed by atoms with van der Waals surface area (Å²) in [7, 11) is 2.14. The van der Waals surface area contributed by atoms with E-state index in [-0.39, 0.29) is 11.8 Å². The van der Waals surface area contributed by atoms with E-state index < -0.39 is 0 Å².